The van der Waals surface area contributed by atoms with E-state index in [2.05, 4.69) is 27.5 Å². The second-order valence-electron chi connectivity index (χ2n) is 9.55. The van der Waals surface area contributed by atoms with E-state index < -0.39 is 5.69 Å². The van der Waals surface area contributed by atoms with Gasteiger partial charge in [-0.25, -0.2) is 9.59 Å². The number of aromatic amines is 2. The standard InChI is InChI=1S/C14H17N3O2.C13H17N3O2/c1-17-13(18)11-5-4-10(8-12(11)16-14(17)19)15-7-6-9-2-3-9;1-3-4-7-14-9-5-6-10-11(8-9)15-13(18)16(2)12(10)17/h4-5,8-9,15H,2-3,6-7H2,1H3,(H,16,19);5-6,8,14H,3-4,7H2,1-2H3,(H,15,18). The molecule has 0 radical (unpaired) electrons. The number of anilines is 2. The highest BCUT2D eigenvalue weighted by atomic mass is 16.2. The molecule has 0 unspecified atom stereocenters. The molecular weight excluding hydrogens is 472 g/mol. The molecule has 196 valence electrons. The highest BCUT2D eigenvalue weighted by Crippen LogP contribution is 2.32. The maximum absolute atomic E-state index is 11.9. The summed E-state index contributed by atoms with van der Waals surface area (Å²) in [6.07, 6.45) is 6.10. The molecule has 2 aromatic heterocycles. The number of rotatable bonds is 8. The summed E-state index contributed by atoms with van der Waals surface area (Å²) < 4.78 is 2.16. The molecule has 0 atom stereocenters. The minimum atomic E-state index is -0.391. The van der Waals surface area contributed by atoms with Gasteiger partial charge in [-0.3, -0.25) is 18.7 Å². The van der Waals surface area contributed by atoms with E-state index in [0.717, 1.165) is 52.4 Å². The zero-order valence-corrected chi connectivity index (χ0v) is 21.5. The topological polar surface area (TPSA) is 134 Å². The molecule has 0 bridgehead atoms. The number of hydrogen-bond acceptors (Lipinski definition) is 6. The number of hydrogen-bond donors (Lipinski definition) is 4. The number of H-pyrrole nitrogens is 2. The lowest BCUT2D eigenvalue weighted by molar-refractivity contribution is 0.760. The minimum Gasteiger partial charge on any atom is -0.385 e. The Kier molecular flexibility index (Phi) is 7.95. The third kappa shape index (κ3) is 6.19. The van der Waals surface area contributed by atoms with Gasteiger partial charge >= 0.3 is 11.4 Å². The van der Waals surface area contributed by atoms with E-state index in [1.165, 1.54) is 33.4 Å². The third-order valence-corrected chi connectivity index (χ3v) is 6.64. The van der Waals surface area contributed by atoms with Gasteiger partial charge in [0.1, 0.15) is 0 Å². The van der Waals surface area contributed by atoms with Gasteiger partial charge < -0.3 is 20.6 Å². The Bertz CT molecular complexity index is 1640. The molecule has 0 spiro atoms. The van der Waals surface area contributed by atoms with E-state index in [1.807, 2.05) is 18.2 Å². The van der Waals surface area contributed by atoms with E-state index in [1.54, 1.807) is 18.2 Å². The van der Waals surface area contributed by atoms with Crippen molar-refractivity contribution < 1.29 is 0 Å². The van der Waals surface area contributed by atoms with E-state index in [-0.39, 0.29) is 16.8 Å². The Morgan fingerprint density at radius 2 is 1.27 bits per heavy atom. The van der Waals surface area contributed by atoms with Gasteiger partial charge in [0.25, 0.3) is 11.1 Å². The molecule has 10 heteroatoms. The molecular formula is C27H34N6O4. The van der Waals surface area contributed by atoms with Gasteiger partial charge in [0.15, 0.2) is 0 Å². The van der Waals surface area contributed by atoms with Crippen LogP contribution in [0.25, 0.3) is 21.8 Å². The first-order valence-electron chi connectivity index (χ1n) is 12.7. The molecule has 2 heterocycles. The van der Waals surface area contributed by atoms with Crippen molar-refractivity contribution in [3.8, 4) is 0 Å². The lowest BCUT2D eigenvalue weighted by atomic mass is 10.2. The van der Waals surface area contributed by atoms with Gasteiger partial charge in [-0.15, -0.1) is 0 Å². The van der Waals surface area contributed by atoms with E-state index in [4.69, 9.17) is 0 Å². The van der Waals surface area contributed by atoms with Crippen LogP contribution in [0.2, 0.25) is 0 Å². The SMILES string of the molecule is CCCCNc1ccc2c(=O)n(C)c(=O)[nH]c2c1.Cn1c(=O)[nH]c2cc(NCCC3CC3)ccc2c1=O. The normalized spacial score (nSPS) is 12.8. The van der Waals surface area contributed by atoms with Crippen LogP contribution in [0.15, 0.2) is 55.6 Å². The highest BCUT2D eigenvalue weighted by Gasteiger charge is 2.20. The molecule has 0 saturated heterocycles. The van der Waals surface area contributed by atoms with Crippen LogP contribution in [0.1, 0.15) is 39.0 Å². The number of aromatic nitrogens is 4. The van der Waals surface area contributed by atoms with Gasteiger partial charge in [0.2, 0.25) is 0 Å². The molecule has 0 aliphatic heterocycles. The molecule has 1 fully saturated rings. The summed E-state index contributed by atoms with van der Waals surface area (Å²) in [5.74, 6) is 0.889. The smallest absolute Gasteiger partial charge is 0.328 e. The van der Waals surface area contributed by atoms with Crippen molar-refractivity contribution in [2.75, 3.05) is 23.7 Å². The first-order valence-corrected chi connectivity index (χ1v) is 12.7. The summed E-state index contributed by atoms with van der Waals surface area (Å²) in [5.41, 5.74) is 1.72. The Balaban J connectivity index is 0.000000173. The van der Waals surface area contributed by atoms with Crippen LogP contribution in [-0.4, -0.2) is 32.2 Å². The van der Waals surface area contributed by atoms with Crippen molar-refractivity contribution in [1.82, 2.24) is 19.1 Å². The molecule has 4 aromatic rings. The van der Waals surface area contributed by atoms with Gasteiger partial charge in [0.05, 0.1) is 21.8 Å². The fourth-order valence-corrected chi connectivity index (χ4v) is 4.07. The monoisotopic (exact) mass is 506 g/mol. The Labute approximate surface area is 213 Å². The maximum atomic E-state index is 11.9. The first kappa shape index (κ1) is 26.0. The van der Waals surface area contributed by atoms with Crippen molar-refractivity contribution in [3.05, 3.63) is 78.1 Å². The summed E-state index contributed by atoms with van der Waals surface area (Å²) in [6.45, 7) is 3.95. The Morgan fingerprint density at radius 1 is 0.784 bits per heavy atom. The minimum absolute atomic E-state index is 0.261. The first-order chi connectivity index (χ1) is 17.8. The van der Waals surface area contributed by atoms with Crippen molar-refractivity contribution in [2.24, 2.45) is 20.0 Å². The summed E-state index contributed by atoms with van der Waals surface area (Å²) in [6, 6.07) is 10.9. The van der Waals surface area contributed by atoms with Gasteiger partial charge in [-0.05, 0) is 55.2 Å². The molecule has 5 rings (SSSR count). The van der Waals surface area contributed by atoms with E-state index in [9.17, 15) is 19.2 Å². The van der Waals surface area contributed by atoms with Gasteiger partial charge in [-0.1, -0.05) is 26.2 Å². The molecule has 10 nitrogen and oxygen atoms in total. The van der Waals surface area contributed by atoms with Gasteiger partial charge in [0, 0.05) is 38.6 Å². The zero-order valence-electron chi connectivity index (χ0n) is 21.5. The van der Waals surface area contributed by atoms with Crippen molar-refractivity contribution in [3.63, 3.8) is 0 Å². The quantitative estimate of drug-likeness (QED) is 0.272. The summed E-state index contributed by atoms with van der Waals surface area (Å²) in [5, 5.41) is 7.65. The maximum Gasteiger partial charge on any atom is 0.328 e. The van der Waals surface area contributed by atoms with Crippen LogP contribution in [0.3, 0.4) is 0 Å². The van der Waals surface area contributed by atoms with Crippen LogP contribution in [0, 0.1) is 5.92 Å². The van der Waals surface area contributed by atoms with Crippen molar-refractivity contribution >= 4 is 33.2 Å². The molecule has 1 aliphatic rings. The number of benzene rings is 2. The largest absolute Gasteiger partial charge is 0.385 e. The van der Waals surface area contributed by atoms with Crippen molar-refractivity contribution in [1.29, 1.82) is 0 Å². The highest BCUT2D eigenvalue weighted by molar-refractivity contribution is 5.81. The number of unbranched alkanes of at least 4 members (excludes halogenated alkanes) is 1. The molecule has 4 N–H and O–H groups in total. The summed E-state index contributed by atoms with van der Waals surface area (Å²) in [7, 11) is 2.94. The Morgan fingerprint density at radius 3 is 1.73 bits per heavy atom. The van der Waals surface area contributed by atoms with Crippen LogP contribution >= 0.6 is 0 Å². The molecule has 1 saturated carbocycles. The van der Waals surface area contributed by atoms with E-state index in [0.29, 0.717) is 21.8 Å². The van der Waals surface area contributed by atoms with Crippen LogP contribution in [0.5, 0.6) is 0 Å². The fourth-order valence-electron chi connectivity index (χ4n) is 4.07. The summed E-state index contributed by atoms with van der Waals surface area (Å²) >= 11 is 0. The molecule has 37 heavy (non-hydrogen) atoms. The zero-order chi connectivity index (χ0) is 26.5. The molecule has 0 amide bonds. The van der Waals surface area contributed by atoms with E-state index >= 15 is 0 Å². The molecule has 2 aromatic carbocycles. The van der Waals surface area contributed by atoms with Crippen LogP contribution in [0.4, 0.5) is 11.4 Å². The number of fused-ring (bicyclic) bond motifs is 2. The predicted octanol–water partition coefficient (Wildman–Crippen LogP) is 2.88. The fraction of sp³-hybridized carbons (Fsp3) is 0.407. The van der Waals surface area contributed by atoms with Crippen molar-refractivity contribution in [2.45, 2.75) is 39.0 Å². The van der Waals surface area contributed by atoms with Crippen LogP contribution in [-0.2, 0) is 14.1 Å². The predicted molar refractivity (Wildman–Crippen MR) is 149 cm³/mol. The summed E-state index contributed by atoms with van der Waals surface area (Å²) in [4.78, 5) is 52.2. The second-order valence-corrected chi connectivity index (χ2v) is 9.55. The lowest BCUT2D eigenvalue weighted by Gasteiger charge is -2.07. The Hall–Kier alpha value is -4.08. The van der Waals surface area contributed by atoms with Crippen LogP contribution < -0.4 is 33.1 Å². The average Bonchev–Trinajstić information content (AvgIpc) is 3.71. The third-order valence-electron chi connectivity index (χ3n) is 6.64. The second kappa shape index (κ2) is 11.3. The number of nitrogens with one attached hydrogen (secondary N) is 4. The van der Waals surface area contributed by atoms with Gasteiger partial charge in [-0.2, -0.15) is 0 Å². The average molecular weight is 507 g/mol. The lowest BCUT2D eigenvalue weighted by Crippen LogP contribution is -2.32. The molecule has 1 aliphatic carbocycles. The number of nitrogens with zero attached hydrogens (tertiary/aromatic N) is 2.